The molecule has 4 rings (SSSR count). The van der Waals surface area contributed by atoms with Crippen LogP contribution in [0.25, 0.3) is 11.5 Å². The molecule has 0 unspecified atom stereocenters. The molecule has 0 aliphatic carbocycles. The predicted octanol–water partition coefficient (Wildman–Crippen LogP) is 3.02. The number of carbonyl (C=O) groups excluding carboxylic acids is 1. The average molecular weight is 548 g/mol. The molecule has 2 N–H and O–H groups in total. The highest BCUT2D eigenvalue weighted by molar-refractivity contribution is 9.10. The number of thiazole rings is 1. The summed E-state index contributed by atoms with van der Waals surface area (Å²) in [6.07, 6.45) is 1.97. The molecule has 11 nitrogen and oxygen atoms in total. The van der Waals surface area contributed by atoms with Crippen molar-refractivity contribution in [2.75, 3.05) is 25.1 Å². The Kier molecular flexibility index (Phi) is 6.83. The Morgan fingerprint density at radius 2 is 2.24 bits per heavy atom. The van der Waals surface area contributed by atoms with Crippen LogP contribution in [0.3, 0.4) is 0 Å². The van der Waals surface area contributed by atoms with Gasteiger partial charge < -0.3 is 19.7 Å². The summed E-state index contributed by atoms with van der Waals surface area (Å²) in [5.41, 5.74) is 1.63. The molecule has 1 aliphatic heterocycles. The molecule has 0 amide bonds. The van der Waals surface area contributed by atoms with Gasteiger partial charge in [0.25, 0.3) is 0 Å². The van der Waals surface area contributed by atoms with Gasteiger partial charge in [-0.2, -0.15) is 10.4 Å². The Balaban J connectivity index is 1.53. The van der Waals surface area contributed by atoms with Gasteiger partial charge in [0.2, 0.25) is 0 Å². The first-order valence-corrected chi connectivity index (χ1v) is 12.0. The number of aromatic amines is 1. The number of hydrogen-bond donors (Lipinski definition) is 2. The summed E-state index contributed by atoms with van der Waals surface area (Å²) in [5, 5.41) is 23.7. The zero-order valence-corrected chi connectivity index (χ0v) is 21.1. The van der Waals surface area contributed by atoms with Crippen LogP contribution < -0.4 is 4.90 Å². The fraction of sp³-hybridized carbons (Fsp3) is 0.429. The van der Waals surface area contributed by atoms with Crippen molar-refractivity contribution in [3.05, 3.63) is 32.6 Å². The van der Waals surface area contributed by atoms with Gasteiger partial charge >= 0.3 is 5.97 Å². The van der Waals surface area contributed by atoms with Crippen LogP contribution in [-0.2, 0) is 11.8 Å². The number of hydrogen-bond acceptors (Lipinski definition) is 9. The molecule has 0 aromatic carbocycles. The molecule has 1 saturated heterocycles. The summed E-state index contributed by atoms with van der Waals surface area (Å²) in [4.78, 5) is 38.6. The fourth-order valence-electron chi connectivity index (χ4n) is 4.15. The Morgan fingerprint density at radius 3 is 2.85 bits per heavy atom. The number of ether oxygens (including phenoxy) is 1. The van der Waals surface area contributed by atoms with E-state index in [2.05, 4.69) is 42.0 Å². The highest BCUT2D eigenvalue weighted by Crippen LogP contribution is 2.36. The van der Waals surface area contributed by atoms with Gasteiger partial charge in [0.05, 0.1) is 16.1 Å². The summed E-state index contributed by atoms with van der Waals surface area (Å²) in [6.45, 7) is 2.84. The molecular formula is C21H22BrN7O4S. The number of aryl methyl sites for hydroxylation is 2. The number of nitriles is 1. The van der Waals surface area contributed by atoms with E-state index in [0.717, 1.165) is 17.0 Å². The van der Waals surface area contributed by atoms with Crippen molar-refractivity contribution < 1.29 is 19.4 Å². The molecule has 178 valence electrons. The van der Waals surface area contributed by atoms with Gasteiger partial charge in [0.15, 0.2) is 16.7 Å². The van der Waals surface area contributed by atoms with Crippen LogP contribution in [0.4, 0.5) is 5.13 Å². The third-order valence-electron chi connectivity index (χ3n) is 5.95. The number of halogens is 1. The second kappa shape index (κ2) is 9.65. The number of carbonyl (C=O) groups is 2. The van der Waals surface area contributed by atoms with Crippen molar-refractivity contribution in [2.24, 2.45) is 13.0 Å². The third kappa shape index (κ3) is 4.36. The summed E-state index contributed by atoms with van der Waals surface area (Å²) >= 11 is 4.44. The molecule has 2 atom stereocenters. The normalized spacial score (nSPS) is 18.1. The van der Waals surface area contributed by atoms with Gasteiger partial charge in [-0.25, -0.2) is 19.4 Å². The van der Waals surface area contributed by atoms with E-state index in [1.807, 2.05) is 4.90 Å². The molecule has 1 aliphatic rings. The Bertz CT molecular complexity index is 1290. The highest BCUT2D eigenvalue weighted by Gasteiger charge is 2.34. The first-order chi connectivity index (χ1) is 16.2. The van der Waals surface area contributed by atoms with E-state index in [1.54, 1.807) is 21.1 Å². The van der Waals surface area contributed by atoms with Gasteiger partial charge in [-0.15, -0.1) is 0 Å². The van der Waals surface area contributed by atoms with Crippen molar-refractivity contribution in [2.45, 2.75) is 25.9 Å². The van der Waals surface area contributed by atoms with Crippen LogP contribution in [0, 0.1) is 24.2 Å². The van der Waals surface area contributed by atoms with E-state index in [4.69, 9.17) is 4.74 Å². The highest BCUT2D eigenvalue weighted by atomic mass is 79.9. The van der Waals surface area contributed by atoms with Crippen LogP contribution in [0.2, 0.25) is 0 Å². The number of piperidine rings is 1. The lowest BCUT2D eigenvalue weighted by Crippen LogP contribution is -2.45. The second-order valence-electron chi connectivity index (χ2n) is 8.01. The van der Waals surface area contributed by atoms with E-state index < -0.39 is 5.97 Å². The topological polar surface area (TPSA) is 150 Å². The average Bonchev–Trinajstić information content (AvgIpc) is 3.51. The van der Waals surface area contributed by atoms with Gasteiger partial charge in [-0.3, -0.25) is 4.79 Å². The zero-order valence-electron chi connectivity index (χ0n) is 18.7. The molecule has 3 aromatic rings. The summed E-state index contributed by atoms with van der Waals surface area (Å²) in [5.74, 6) is -0.895. The van der Waals surface area contributed by atoms with Crippen LogP contribution in [-0.4, -0.2) is 67.9 Å². The number of ketones is 1. The number of carboxylic acid groups (broad SMARTS) is 1. The molecule has 0 spiro atoms. The van der Waals surface area contributed by atoms with E-state index >= 15 is 0 Å². The third-order valence-corrected chi connectivity index (χ3v) is 8.05. The number of Topliss-reactive ketones (excluding diaryl/α,β-unsaturated/α-hetero) is 1. The minimum absolute atomic E-state index is 0.0557. The van der Waals surface area contributed by atoms with Crippen molar-refractivity contribution in [3.63, 3.8) is 0 Å². The van der Waals surface area contributed by atoms with E-state index in [0.29, 0.717) is 46.2 Å². The van der Waals surface area contributed by atoms with Crippen molar-refractivity contribution in [1.29, 1.82) is 5.26 Å². The molecule has 4 heterocycles. The monoisotopic (exact) mass is 547 g/mol. The van der Waals surface area contributed by atoms with Crippen molar-refractivity contribution in [3.8, 4) is 17.6 Å². The molecule has 3 aromatic heterocycles. The van der Waals surface area contributed by atoms with Gasteiger partial charge in [-0.05, 0) is 35.2 Å². The van der Waals surface area contributed by atoms with Gasteiger partial charge in [0.1, 0.15) is 28.7 Å². The lowest BCUT2D eigenvalue weighted by Gasteiger charge is -2.37. The SMILES string of the molecule is CO[C@H]1CN(c2nc(-c3ncnn3C)c(C(=O)O)s2)CC[C@H]1CC(=O)c1[nH]c(C)c(Br)c1C#N. The number of rotatable bonds is 7. The number of nitrogens with one attached hydrogen (secondary N) is 1. The number of aromatic carboxylic acids is 1. The van der Waals surface area contributed by atoms with Crippen LogP contribution in [0.5, 0.6) is 0 Å². The summed E-state index contributed by atoms with van der Waals surface area (Å²) in [7, 11) is 3.27. The maximum atomic E-state index is 13.0. The number of nitrogens with zero attached hydrogens (tertiary/aromatic N) is 6. The fourth-order valence-corrected chi connectivity index (χ4v) is 5.47. The predicted molar refractivity (Wildman–Crippen MR) is 127 cm³/mol. The maximum absolute atomic E-state index is 13.0. The molecule has 0 saturated carbocycles. The second-order valence-corrected chi connectivity index (χ2v) is 9.78. The van der Waals surface area contributed by atoms with E-state index in [-0.39, 0.29) is 34.8 Å². The van der Waals surface area contributed by atoms with E-state index in [9.17, 15) is 20.0 Å². The van der Waals surface area contributed by atoms with Gasteiger partial charge in [0, 0.05) is 39.4 Å². The van der Waals surface area contributed by atoms with Crippen LogP contribution in [0.15, 0.2) is 10.8 Å². The van der Waals surface area contributed by atoms with Crippen LogP contribution in [0.1, 0.15) is 44.3 Å². The van der Waals surface area contributed by atoms with Crippen molar-refractivity contribution >= 4 is 44.2 Å². The largest absolute Gasteiger partial charge is 0.477 e. The molecule has 34 heavy (non-hydrogen) atoms. The van der Waals surface area contributed by atoms with Crippen LogP contribution >= 0.6 is 27.3 Å². The number of anilines is 1. The smallest absolute Gasteiger partial charge is 0.348 e. The lowest BCUT2D eigenvalue weighted by molar-refractivity contribution is 0.0375. The summed E-state index contributed by atoms with van der Waals surface area (Å²) in [6, 6.07) is 2.08. The lowest BCUT2D eigenvalue weighted by atomic mass is 9.88. The standard InChI is InChI=1S/C21H22BrN7O4S/c1-10-15(22)12(7-23)16(26-10)13(30)6-11-4-5-29(8-14(11)33-3)21-27-17(18(34-21)20(31)32)19-24-9-25-28(19)2/h9,11,14,26H,4-6,8H2,1-3H3,(H,31,32)/t11-,14-/m0/s1. The summed E-state index contributed by atoms with van der Waals surface area (Å²) < 4.78 is 7.80. The Hall–Kier alpha value is -3.08. The Labute approximate surface area is 207 Å². The first-order valence-electron chi connectivity index (χ1n) is 10.4. The first kappa shape index (κ1) is 24.1. The molecule has 13 heteroatoms. The van der Waals surface area contributed by atoms with Gasteiger partial charge in [-0.1, -0.05) is 11.3 Å². The number of H-pyrrole nitrogens is 1. The number of aromatic nitrogens is 5. The van der Waals surface area contributed by atoms with Crippen molar-refractivity contribution in [1.82, 2.24) is 24.7 Å². The number of carboxylic acids is 1. The minimum Gasteiger partial charge on any atom is -0.477 e. The maximum Gasteiger partial charge on any atom is 0.348 e. The minimum atomic E-state index is -1.08. The van der Waals surface area contributed by atoms with E-state index in [1.165, 1.54) is 11.0 Å². The molecule has 0 bridgehead atoms. The Morgan fingerprint density at radius 1 is 1.47 bits per heavy atom. The zero-order chi connectivity index (χ0) is 24.6. The molecular weight excluding hydrogens is 526 g/mol. The molecule has 0 radical (unpaired) electrons. The quantitative estimate of drug-likeness (QED) is 0.425. The number of methoxy groups -OCH3 is 1. The molecule has 1 fully saturated rings.